The van der Waals surface area contributed by atoms with E-state index in [0.29, 0.717) is 12.2 Å². The summed E-state index contributed by atoms with van der Waals surface area (Å²) in [5.41, 5.74) is 5.34. The van der Waals surface area contributed by atoms with Crippen molar-refractivity contribution in [3.63, 3.8) is 0 Å². The number of fused-ring (bicyclic) bond motifs is 5. The molecular weight excluding hydrogens is 498 g/mol. The van der Waals surface area contributed by atoms with Gasteiger partial charge in [-0.15, -0.1) is 0 Å². The highest BCUT2D eigenvalue weighted by atomic mass is 16.5. The number of ether oxygens (including phenoxy) is 1. The largest absolute Gasteiger partial charge is 0.374 e. The van der Waals surface area contributed by atoms with Crippen molar-refractivity contribution in [1.29, 1.82) is 0 Å². The summed E-state index contributed by atoms with van der Waals surface area (Å²) >= 11 is 0. The lowest BCUT2D eigenvalue weighted by atomic mass is 9.68. The van der Waals surface area contributed by atoms with Gasteiger partial charge in [-0.25, -0.2) is 0 Å². The van der Waals surface area contributed by atoms with E-state index < -0.39 is 0 Å². The molecule has 0 aromatic rings. The van der Waals surface area contributed by atoms with E-state index in [2.05, 4.69) is 42.2 Å². The fourth-order valence-corrected chi connectivity index (χ4v) is 11.3. The number of nitrogens with zero attached hydrogens (tertiary/aromatic N) is 1. The number of hydrogen-bond acceptors (Lipinski definition) is 2. The van der Waals surface area contributed by atoms with E-state index in [1.807, 2.05) is 5.57 Å². The molecule has 3 fully saturated rings. The van der Waals surface area contributed by atoms with Crippen molar-refractivity contribution in [2.75, 3.05) is 6.54 Å². The quantitative estimate of drug-likeness (QED) is 0.276. The van der Waals surface area contributed by atoms with Crippen LogP contribution in [-0.2, 0) is 4.74 Å². The maximum atomic E-state index is 6.89. The van der Waals surface area contributed by atoms with Gasteiger partial charge < -0.3 is 9.64 Å². The lowest BCUT2D eigenvalue weighted by Crippen LogP contribution is -2.36. The van der Waals surface area contributed by atoms with Crippen molar-refractivity contribution in [2.24, 2.45) is 53.3 Å². The standard InChI is InChI=1S/C39H57NO/c1-26(32(27-12-4-2-5-13-27)22-33(29-20-21-29)28-14-6-3-7-15-28)25-40-36-18-10-8-16-30(36)34-23-35-31-17-9-11-19-38(31)41-39(35)24-37(34)40/h2,4,6,14,18,26-33,35,38-39H,3,5,7-13,15-17,19-25H2,1H3. The summed E-state index contributed by atoms with van der Waals surface area (Å²) in [6.45, 7) is 3.93. The fourth-order valence-electron chi connectivity index (χ4n) is 11.3. The maximum absolute atomic E-state index is 6.89. The molecule has 8 rings (SSSR count). The van der Waals surface area contributed by atoms with E-state index in [1.165, 1.54) is 122 Å². The molecule has 2 heterocycles. The second kappa shape index (κ2) is 11.7. The molecule has 2 heteroatoms. The molecule has 10 atom stereocenters. The van der Waals surface area contributed by atoms with Gasteiger partial charge in [0.15, 0.2) is 0 Å². The van der Waals surface area contributed by atoms with E-state index >= 15 is 0 Å². The predicted octanol–water partition coefficient (Wildman–Crippen LogP) is 9.99. The van der Waals surface area contributed by atoms with Crippen LogP contribution in [0.15, 0.2) is 47.3 Å². The normalized spacial score (nSPS) is 40.4. The van der Waals surface area contributed by atoms with Gasteiger partial charge in [-0.05, 0) is 149 Å². The molecule has 10 unspecified atom stereocenters. The second-order valence-electron chi connectivity index (χ2n) is 15.9. The van der Waals surface area contributed by atoms with Crippen LogP contribution in [0.3, 0.4) is 0 Å². The Hall–Kier alpha value is -1.28. The number of rotatable bonds is 8. The predicted molar refractivity (Wildman–Crippen MR) is 169 cm³/mol. The zero-order valence-electron chi connectivity index (χ0n) is 26.0. The van der Waals surface area contributed by atoms with E-state index in [0.717, 1.165) is 53.3 Å². The van der Waals surface area contributed by atoms with Crippen LogP contribution in [-0.4, -0.2) is 23.7 Å². The third kappa shape index (κ3) is 5.25. The zero-order valence-corrected chi connectivity index (χ0v) is 26.0. The van der Waals surface area contributed by atoms with Crippen molar-refractivity contribution < 1.29 is 4.74 Å². The third-order valence-electron chi connectivity index (χ3n) is 13.5. The van der Waals surface area contributed by atoms with Crippen LogP contribution in [0.4, 0.5) is 0 Å². The zero-order chi connectivity index (χ0) is 27.3. The molecule has 0 aromatic carbocycles. The topological polar surface area (TPSA) is 12.5 Å². The number of allylic oxidation sites excluding steroid dienone is 6. The van der Waals surface area contributed by atoms with E-state index in [-0.39, 0.29) is 0 Å². The highest BCUT2D eigenvalue weighted by Crippen LogP contribution is 2.56. The Morgan fingerprint density at radius 3 is 2.54 bits per heavy atom. The van der Waals surface area contributed by atoms with Crippen LogP contribution in [0.5, 0.6) is 0 Å². The first-order valence-corrected chi connectivity index (χ1v) is 18.4. The average molecular weight is 556 g/mol. The summed E-state index contributed by atoms with van der Waals surface area (Å²) in [5.74, 6) is 7.69. The lowest BCUT2D eigenvalue weighted by molar-refractivity contribution is 0.0120. The minimum atomic E-state index is 0.497. The van der Waals surface area contributed by atoms with Gasteiger partial charge in [-0.3, -0.25) is 0 Å². The van der Waals surface area contributed by atoms with Gasteiger partial charge in [0.25, 0.3) is 0 Å². The molecule has 41 heavy (non-hydrogen) atoms. The minimum absolute atomic E-state index is 0.497. The smallest absolute Gasteiger partial charge is 0.0668 e. The first kappa shape index (κ1) is 27.3. The Morgan fingerprint density at radius 1 is 0.805 bits per heavy atom. The molecule has 0 spiro atoms. The Morgan fingerprint density at radius 2 is 1.71 bits per heavy atom. The van der Waals surface area contributed by atoms with Crippen LogP contribution < -0.4 is 0 Å². The van der Waals surface area contributed by atoms with Crippen molar-refractivity contribution in [1.82, 2.24) is 4.90 Å². The van der Waals surface area contributed by atoms with Crippen molar-refractivity contribution in [3.05, 3.63) is 47.3 Å². The van der Waals surface area contributed by atoms with E-state index in [4.69, 9.17) is 4.74 Å². The summed E-state index contributed by atoms with van der Waals surface area (Å²) in [6, 6.07) is 0. The summed E-state index contributed by atoms with van der Waals surface area (Å²) < 4.78 is 6.89. The Balaban J connectivity index is 1.05. The van der Waals surface area contributed by atoms with Gasteiger partial charge in [0.1, 0.15) is 0 Å². The molecular formula is C39H57NO. The Labute approximate surface area is 251 Å². The molecule has 0 bridgehead atoms. The molecule has 0 aromatic heterocycles. The maximum Gasteiger partial charge on any atom is 0.0668 e. The van der Waals surface area contributed by atoms with Gasteiger partial charge >= 0.3 is 0 Å². The molecule has 2 nitrogen and oxygen atoms in total. The monoisotopic (exact) mass is 555 g/mol. The van der Waals surface area contributed by atoms with E-state index in [9.17, 15) is 0 Å². The van der Waals surface area contributed by atoms with Gasteiger partial charge in [0, 0.05) is 30.3 Å². The van der Waals surface area contributed by atoms with Gasteiger partial charge in [0.05, 0.1) is 12.2 Å². The Bertz CT molecular complexity index is 1080. The van der Waals surface area contributed by atoms with Gasteiger partial charge in [-0.2, -0.15) is 0 Å². The second-order valence-corrected chi connectivity index (χ2v) is 15.9. The highest BCUT2D eigenvalue weighted by molar-refractivity contribution is 5.39. The molecule has 224 valence electrons. The van der Waals surface area contributed by atoms with Crippen LogP contribution in [0.2, 0.25) is 0 Å². The molecule has 1 saturated heterocycles. The lowest BCUT2D eigenvalue weighted by Gasteiger charge is -2.41. The summed E-state index contributed by atoms with van der Waals surface area (Å²) in [6.07, 6.45) is 38.9. The molecule has 2 saturated carbocycles. The first-order valence-electron chi connectivity index (χ1n) is 18.4. The van der Waals surface area contributed by atoms with E-state index in [1.54, 1.807) is 11.4 Å². The molecule has 0 N–H and O–H groups in total. The molecule has 8 aliphatic rings. The Kier molecular flexibility index (Phi) is 7.76. The summed E-state index contributed by atoms with van der Waals surface area (Å²) in [7, 11) is 0. The van der Waals surface area contributed by atoms with Crippen LogP contribution in [0.1, 0.15) is 122 Å². The third-order valence-corrected chi connectivity index (χ3v) is 13.5. The van der Waals surface area contributed by atoms with Crippen LogP contribution in [0.25, 0.3) is 0 Å². The van der Waals surface area contributed by atoms with Crippen molar-refractivity contribution in [3.8, 4) is 0 Å². The first-order chi connectivity index (χ1) is 20.2. The summed E-state index contributed by atoms with van der Waals surface area (Å²) in [5, 5.41) is 0. The van der Waals surface area contributed by atoms with Gasteiger partial charge in [0.2, 0.25) is 0 Å². The minimum Gasteiger partial charge on any atom is -0.374 e. The fraction of sp³-hybridized carbons (Fsp3) is 0.795. The van der Waals surface area contributed by atoms with Gasteiger partial charge in [-0.1, -0.05) is 50.1 Å². The molecule has 6 aliphatic carbocycles. The summed E-state index contributed by atoms with van der Waals surface area (Å²) in [4.78, 5) is 2.93. The average Bonchev–Trinajstić information content (AvgIpc) is 3.74. The number of hydrogen-bond donors (Lipinski definition) is 0. The molecule has 0 radical (unpaired) electrons. The highest BCUT2D eigenvalue weighted by Gasteiger charge is 2.52. The SMILES string of the molecule is CC(CN1C2=CCCCC2C2=C1CC1OC3CCCCC3C1C2)C(CC(C1C=CCCC1)C1CC1)C1CC=CCC1. The molecule has 2 aliphatic heterocycles. The van der Waals surface area contributed by atoms with Crippen LogP contribution >= 0.6 is 0 Å². The van der Waals surface area contributed by atoms with Crippen molar-refractivity contribution >= 4 is 0 Å². The van der Waals surface area contributed by atoms with Crippen LogP contribution in [0, 0.1) is 53.3 Å². The van der Waals surface area contributed by atoms with Crippen molar-refractivity contribution in [2.45, 2.75) is 135 Å². The molecule has 0 amide bonds.